The highest BCUT2D eigenvalue weighted by Gasteiger charge is 2.41. The third-order valence-electron chi connectivity index (χ3n) is 5.96. The Morgan fingerprint density at radius 2 is 1.97 bits per heavy atom. The third-order valence-corrected chi connectivity index (χ3v) is 5.96. The van der Waals surface area contributed by atoms with Gasteiger partial charge < -0.3 is 20.1 Å². The van der Waals surface area contributed by atoms with Crippen LogP contribution < -0.4 is 15.5 Å². The van der Waals surface area contributed by atoms with Crippen molar-refractivity contribution in [3.63, 3.8) is 0 Å². The average Bonchev–Trinajstić information content (AvgIpc) is 3.16. The van der Waals surface area contributed by atoms with E-state index in [4.69, 9.17) is 0 Å². The van der Waals surface area contributed by atoms with E-state index in [1.807, 2.05) is 22.7 Å². The van der Waals surface area contributed by atoms with Gasteiger partial charge in [0.15, 0.2) is 0 Å². The van der Waals surface area contributed by atoms with Gasteiger partial charge in [-0.15, -0.1) is 4.91 Å². The number of alkyl halides is 3. The number of nitrogens with zero attached hydrogens (tertiary/aromatic N) is 4. The van der Waals surface area contributed by atoms with E-state index in [2.05, 4.69) is 20.8 Å². The maximum Gasteiger partial charge on any atom is 0.391 e. The Morgan fingerprint density at radius 1 is 1.28 bits per heavy atom. The summed E-state index contributed by atoms with van der Waals surface area (Å²) in [6.07, 6.45) is -0.244. The first kappa shape index (κ1) is 23.6. The van der Waals surface area contributed by atoms with Crippen molar-refractivity contribution in [3.05, 3.63) is 40.8 Å². The lowest BCUT2D eigenvalue weighted by Crippen LogP contribution is -2.40. The molecule has 11 heteroatoms. The molecule has 1 aliphatic carbocycles. The van der Waals surface area contributed by atoms with Crippen LogP contribution in [0.4, 0.5) is 30.2 Å². The minimum absolute atomic E-state index is 0.0137. The number of carbonyl (C=O) groups is 1. The summed E-state index contributed by atoms with van der Waals surface area (Å²) in [6.45, 7) is 0.400. The summed E-state index contributed by atoms with van der Waals surface area (Å²) in [4.78, 5) is 30.5. The molecule has 32 heavy (non-hydrogen) atoms. The van der Waals surface area contributed by atoms with E-state index >= 15 is 0 Å². The standard InChI is InChI=1S/C21H27F3N6O2/c1-25-16-11-18(30(3)12-19-26-8-9-29(19)2)15(10-17(16)28-32)20(31)27-14-6-4-13(5-7-14)21(22,23)24/h8-11,13-14,25H,4-7,12H2,1-3H3,(H,27,31). The molecule has 0 radical (unpaired) electrons. The topological polar surface area (TPSA) is 91.6 Å². The monoisotopic (exact) mass is 452 g/mol. The summed E-state index contributed by atoms with van der Waals surface area (Å²) in [6, 6.07) is 2.71. The second-order valence-corrected chi connectivity index (χ2v) is 8.10. The van der Waals surface area contributed by atoms with Crippen molar-refractivity contribution < 1.29 is 18.0 Å². The Kier molecular flexibility index (Phi) is 7.05. The van der Waals surface area contributed by atoms with Crippen molar-refractivity contribution in [2.75, 3.05) is 24.3 Å². The Hall–Kier alpha value is -3.11. The summed E-state index contributed by atoms with van der Waals surface area (Å²) >= 11 is 0. The number of imidazole rings is 1. The van der Waals surface area contributed by atoms with Crippen LogP contribution in [-0.4, -0.2) is 41.8 Å². The van der Waals surface area contributed by atoms with Gasteiger partial charge in [-0.1, -0.05) is 0 Å². The van der Waals surface area contributed by atoms with E-state index in [0.717, 1.165) is 5.82 Å². The number of amides is 1. The molecule has 1 heterocycles. The highest BCUT2D eigenvalue weighted by Crippen LogP contribution is 2.38. The summed E-state index contributed by atoms with van der Waals surface area (Å²) in [7, 11) is 5.30. The van der Waals surface area contributed by atoms with Crippen molar-refractivity contribution >= 4 is 23.0 Å². The fraction of sp³-hybridized carbons (Fsp3) is 0.524. The maximum atomic E-state index is 13.1. The number of carbonyl (C=O) groups excluding carboxylic acids is 1. The van der Waals surface area contributed by atoms with E-state index in [0.29, 0.717) is 17.9 Å². The zero-order valence-electron chi connectivity index (χ0n) is 18.2. The lowest BCUT2D eigenvalue weighted by Gasteiger charge is -2.31. The van der Waals surface area contributed by atoms with Crippen molar-refractivity contribution in [2.24, 2.45) is 18.1 Å². The molecule has 1 aromatic carbocycles. The van der Waals surface area contributed by atoms with Gasteiger partial charge in [-0.25, -0.2) is 4.98 Å². The summed E-state index contributed by atoms with van der Waals surface area (Å²) < 4.78 is 40.6. The molecule has 0 bridgehead atoms. The van der Waals surface area contributed by atoms with Gasteiger partial charge in [0, 0.05) is 39.6 Å². The number of benzene rings is 1. The molecule has 1 aliphatic rings. The number of hydrogen-bond donors (Lipinski definition) is 2. The zero-order valence-corrected chi connectivity index (χ0v) is 18.2. The van der Waals surface area contributed by atoms with Crippen LogP contribution in [0.15, 0.2) is 29.7 Å². The van der Waals surface area contributed by atoms with Gasteiger partial charge in [-0.2, -0.15) is 13.2 Å². The van der Waals surface area contributed by atoms with Gasteiger partial charge in [0.05, 0.1) is 29.4 Å². The Labute approximate surface area is 184 Å². The van der Waals surface area contributed by atoms with Crippen LogP contribution in [0.3, 0.4) is 0 Å². The number of nitrogens with one attached hydrogen (secondary N) is 2. The van der Waals surface area contributed by atoms with E-state index in [1.165, 1.54) is 6.07 Å². The van der Waals surface area contributed by atoms with Crippen LogP contribution >= 0.6 is 0 Å². The molecule has 1 fully saturated rings. The lowest BCUT2D eigenvalue weighted by molar-refractivity contribution is -0.182. The van der Waals surface area contributed by atoms with E-state index in [9.17, 15) is 22.9 Å². The van der Waals surface area contributed by atoms with Gasteiger partial charge in [0.2, 0.25) is 0 Å². The quantitative estimate of drug-likeness (QED) is 0.610. The largest absolute Gasteiger partial charge is 0.391 e. The number of rotatable bonds is 7. The molecule has 2 N–H and O–H groups in total. The van der Waals surface area contributed by atoms with Crippen LogP contribution in [0.1, 0.15) is 41.9 Å². The normalized spacial score (nSPS) is 18.8. The van der Waals surface area contributed by atoms with E-state index in [-0.39, 0.29) is 43.0 Å². The van der Waals surface area contributed by atoms with Crippen LogP contribution in [-0.2, 0) is 13.6 Å². The number of aryl methyl sites for hydroxylation is 1. The maximum absolute atomic E-state index is 13.1. The predicted octanol–water partition coefficient (Wildman–Crippen LogP) is 4.35. The van der Waals surface area contributed by atoms with Crippen LogP contribution in [0, 0.1) is 10.8 Å². The molecule has 8 nitrogen and oxygen atoms in total. The van der Waals surface area contributed by atoms with Crippen LogP contribution in [0.25, 0.3) is 0 Å². The van der Waals surface area contributed by atoms with Gasteiger partial charge >= 0.3 is 6.18 Å². The van der Waals surface area contributed by atoms with Gasteiger partial charge in [-0.05, 0) is 43.0 Å². The summed E-state index contributed by atoms with van der Waals surface area (Å²) in [5.41, 5.74) is 1.32. The molecule has 0 aliphatic heterocycles. The molecule has 0 spiro atoms. The zero-order chi connectivity index (χ0) is 23.5. The summed E-state index contributed by atoms with van der Waals surface area (Å²) in [5, 5.41) is 8.75. The van der Waals surface area contributed by atoms with Crippen molar-refractivity contribution in [2.45, 2.75) is 44.4 Å². The number of anilines is 2. The number of aromatic nitrogens is 2. The number of nitroso groups, excluding NO2 is 1. The van der Waals surface area contributed by atoms with Gasteiger partial charge in [0.1, 0.15) is 11.5 Å². The SMILES string of the molecule is CNc1cc(N(C)Cc2nccn2C)c(C(=O)NC2CCC(C(F)(F)F)CC2)cc1N=O. The molecule has 2 aromatic rings. The number of hydrogen-bond acceptors (Lipinski definition) is 6. The molecule has 0 unspecified atom stereocenters. The second kappa shape index (κ2) is 9.58. The molecule has 0 saturated heterocycles. The first-order valence-electron chi connectivity index (χ1n) is 10.4. The highest BCUT2D eigenvalue weighted by atomic mass is 19.4. The van der Waals surface area contributed by atoms with Crippen molar-refractivity contribution in [1.82, 2.24) is 14.9 Å². The fourth-order valence-corrected chi connectivity index (χ4v) is 4.02. The highest BCUT2D eigenvalue weighted by molar-refractivity contribution is 6.02. The molecule has 1 saturated carbocycles. The van der Waals surface area contributed by atoms with Crippen molar-refractivity contribution in [1.29, 1.82) is 0 Å². The lowest BCUT2D eigenvalue weighted by atomic mass is 9.85. The molecule has 0 atom stereocenters. The predicted molar refractivity (Wildman–Crippen MR) is 116 cm³/mol. The van der Waals surface area contributed by atoms with Crippen molar-refractivity contribution in [3.8, 4) is 0 Å². The number of halogens is 3. The van der Waals surface area contributed by atoms with Crippen LogP contribution in [0.2, 0.25) is 0 Å². The van der Waals surface area contributed by atoms with E-state index in [1.54, 1.807) is 26.4 Å². The van der Waals surface area contributed by atoms with E-state index < -0.39 is 18.0 Å². The smallest absolute Gasteiger partial charge is 0.386 e. The van der Waals surface area contributed by atoms with Crippen LogP contribution in [0.5, 0.6) is 0 Å². The minimum Gasteiger partial charge on any atom is -0.386 e. The first-order valence-corrected chi connectivity index (χ1v) is 10.4. The third kappa shape index (κ3) is 5.20. The molecular weight excluding hydrogens is 425 g/mol. The molecule has 1 amide bonds. The first-order chi connectivity index (χ1) is 15.1. The molecule has 174 valence electrons. The second-order valence-electron chi connectivity index (χ2n) is 8.10. The molecule has 1 aromatic heterocycles. The average molecular weight is 452 g/mol. The molecular formula is C21H27F3N6O2. The minimum atomic E-state index is -4.21. The summed E-state index contributed by atoms with van der Waals surface area (Å²) in [5.74, 6) is -1.00. The Morgan fingerprint density at radius 3 is 2.50 bits per heavy atom. The fourth-order valence-electron chi connectivity index (χ4n) is 4.02. The van der Waals surface area contributed by atoms with Gasteiger partial charge in [0.25, 0.3) is 5.91 Å². The Balaban J connectivity index is 1.83. The molecule has 3 rings (SSSR count). The Bertz CT molecular complexity index is 967. The van der Waals surface area contributed by atoms with Gasteiger partial charge in [-0.3, -0.25) is 4.79 Å².